The molecule has 2 N–H and O–H groups in total. The molecular weight excluding hydrogens is 413 g/mol. The molecule has 1 heterocycles. The fourth-order valence-corrected chi connectivity index (χ4v) is 4.34. The molecule has 7 heteroatoms. The average Bonchev–Trinajstić information content (AvgIpc) is 2.73. The van der Waals surface area contributed by atoms with Gasteiger partial charge in [-0.15, -0.1) is 6.58 Å². The molecule has 5 nitrogen and oxygen atoms in total. The van der Waals surface area contributed by atoms with Crippen molar-refractivity contribution >= 4 is 27.9 Å². The number of carbonyl (C=O) groups is 1. The van der Waals surface area contributed by atoms with Crippen LogP contribution in [0, 0.1) is 16.6 Å². The second-order valence-corrected chi connectivity index (χ2v) is 8.82. The zero-order chi connectivity index (χ0) is 22.6. The van der Waals surface area contributed by atoms with Crippen molar-refractivity contribution in [2.45, 2.75) is 38.3 Å². The standard InChI is InChI=1S/C24H26FN3O2S/c1-4-13-24(20-9-11-21(25)12-10-20)14-15-28(23(29)30-24)16(2)18-5-7-19(8-6-18)22(27)31-17(3)26/h4-12,16,26-27H,1,13-15H2,2-3H3. The van der Waals surface area contributed by atoms with Crippen molar-refractivity contribution in [1.29, 1.82) is 10.8 Å². The molecule has 1 aliphatic heterocycles. The van der Waals surface area contributed by atoms with Crippen LogP contribution in [-0.4, -0.2) is 27.6 Å². The van der Waals surface area contributed by atoms with E-state index in [-0.39, 0.29) is 11.9 Å². The summed E-state index contributed by atoms with van der Waals surface area (Å²) in [6.45, 7) is 7.88. The summed E-state index contributed by atoms with van der Waals surface area (Å²) in [5.74, 6) is -0.333. The first-order chi connectivity index (χ1) is 14.8. The number of rotatable bonds is 6. The van der Waals surface area contributed by atoms with Gasteiger partial charge < -0.3 is 9.64 Å². The van der Waals surface area contributed by atoms with Crippen LogP contribution in [0.3, 0.4) is 0 Å². The summed E-state index contributed by atoms with van der Waals surface area (Å²) in [6, 6.07) is 13.3. The molecule has 0 bridgehead atoms. The lowest BCUT2D eigenvalue weighted by atomic mass is 9.85. The number of carbonyl (C=O) groups excluding carboxylic acids is 1. The van der Waals surface area contributed by atoms with Crippen LogP contribution in [-0.2, 0) is 10.3 Å². The summed E-state index contributed by atoms with van der Waals surface area (Å²) in [7, 11) is 0. The van der Waals surface area contributed by atoms with E-state index >= 15 is 0 Å². The molecule has 2 atom stereocenters. The number of hydrogen-bond acceptors (Lipinski definition) is 5. The van der Waals surface area contributed by atoms with Gasteiger partial charge in [0.1, 0.15) is 16.5 Å². The van der Waals surface area contributed by atoms with Crippen LogP contribution in [0.1, 0.15) is 49.4 Å². The third-order valence-corrected chi connectivity index (χ3v) is 6.24. The van der Waals surface area contributed by atoms with Gasteiger partial charge in [-0.05, 0) is 37.1 Å². The van der Waals surface area contributed by atoms with E-state index in [0.717, 1.165) is 28.5 Å². The Morgan fingerprint density at radius 2 is 1.90 bits per heavy atom. The van der Waals surface area contributed by atoms with Gasteiger partial charge >= 0.3 is 6.09 Å². The Morgan fingerprint density at radius 3 is 2.45 bits per heavy atom. The van der Waals surface area contributed by atoms with E-state index in [1.54, 1.807) is 30.0 Å². The fourth-order valence-electron chi connectivity index (χ4n) is 3.78. The number of ether oxygens (including phenoxy) is 1. The third kappa shape index (κ3) is 5.05. The van der Waals surface area contributed by atoms with Gasteiger partial charge in [0.05, 0.1) is 11.1 Å². The van der Waals surface area contributed by atoms with Crippen molar-refractivity contribution < 1.29 is 13.9 Å². The first-order valence-electron chi connectivity index (χ1n) is 10.0. The Labute approximate surface area is 186 Å². The van der Waals surface area contributed by atoms with Crippen molar-refractivity contribution in [3.8, 4) is 0 Å². The first kappa shape index (κ1) is 22.7. The molecule has 0 aromatic heterocycles. The topological polar surface area (TPSA) is 77.2 Å². The maximum Gasteiger partial charge on any atom is 0.411 e. The van der Waals surface area contributed by atoms with Crippen molar-refractivity contribution in [3.63, 3.8) is 0 Å². The first-order valence-corrected chi connectivity index (χ1v) is 10.9. The highest BCUT2D eigenvalue weighted by molar-refractivity contribution is 8.26. The van der Waals surface area contributed by atoms with E-state index in [9.17, 15) is 9.18 Å². The van der Waals surface area contributed by atoms with E-state index in [0.29, 0.717) is 29.5 Å². The van der Waals surface area contributed by atoms with Crippen molar-refractivity contribution in [2.75, 3.05) is 6.54 Å². The Balaban J connectivity index is 1.76. The lowest BCUT2D eigenvalue weighted by Crippen LogP contribution is -2.48. The molecule has 0 spiro atoms. The van der Waals surface area contributed by atoms with E-state index in [2.05, 4.69) is 6.58 Å². The van der Waals surface area contributed by atoms with E-state index < -0.39 is 11.7 Å². The van der Waals surface area contributed by atoms with Crippen LogP contribution in [0.25, 0.3) is 0 Å². The van der Waals surface area contributed by atoms with Crippen LogP contribution >= 0.6 is 11.8 Å². The van der Waals surface area contributed by atoms with Gasteiger partial charge in [-0.2, -0.15) is 0 Å². The zero-order valence-corrected chi connectivity index (χ0v) is 18.5. The van der Waals surface area contributed by atoms with Gasteiger partial charge in [0.2, 0.25) is 0 Å². The van der Waals surface area contributed by atoms with E-state index in [1.807, 2.05) is 31.2 Å². The summed E-state index contributed by atoms with van der Waals surface area (Å²) >= 11 is 1.10. The van der Waals surface area contributed by atoms with Crippen LogP contribution in [0.4, 0.5) is 9.18 Å². The van der Waals surface area contributed by atoms with Crippen molar-refractivity contribution in [1.82, 2.24) is 4.90 Å². The molecule has 2 aromatic carbocycles. The summed E-state index contributed by atoms with van der Waals surface area (Å²) in [5, 5.41) is 16.2. The molecule has 0 radical (unpaired) electrons. The normalized spacial score (nSPS) is 19.5. The quantitative estimate of drug-likeness (QED) is 0.317. The van der Waals surface area contributed by atoms with Gasteiger partial charge in [-0.3, -0.25) is 10.8 Å². The smallest absolute Gasteiger partial charge is 0.411 e. The fraction of sp³-hybridized carbons (Fsp3) is 0.292. The number of nitrogens with one attached hydrogen (secondary N) is 2. The largest absolute Gasteiger partial charge is 0.437 e. The number of cyclic esters (lactones) is 1. The highest BCUT2D eigenvalue weighted by Gasteiger charge is 2.42. The predicted molar refractivity (Wildman–Crippen MR) is 123 cm³/mol. The third-order valence-electron chi connectivity index (χ3n) is 5.50. The highest BCUT2D eigenvalue weighted by atomic mass is 32.2. The summed E-state index contributed by atoms with van der Waals surface area (Å²) < 4.78 is 19.3. The van der Waals surface area contributed by atoms with Gasteiger partial charge in [0.25, 0.3) is 0 Å². The molecule has 1 fully saturated rings. The van der Waals surface area contributed by atoms with Crippen LogP contribution in [0.5, 0.6) is 0 Å². The number of thioether (sulfide) groups is 1. The van der Waals surface area contributed by atoms with E-state index in [1.165, 1.54) is 12.1 Å². The summed E-state index contributed by atoms with van der Waals surface area (Å²) in [5.41, 5.74) is 1.58. The minimum absolute atomic E-state index is 0.206. The van der Waals surface area contributed by atoms with Crippen LogP contribution in [0.2, 0.25) is 0 Å². The number of benzene rings is 2. The molecule has 2 aromatic rings. The molecule has 1 amide bonds. The minimum atomic E-state index is -0.844. The lowest BCUT2D eigenvalue weighted by Gasteiger charge is -2.43. The Hall–Kier alpha value is -2.93. The maximum atomic E-state index is 13.4. The molecule has 0 saturated carbocycles. The van der Waals surface area contributed by atoms with Crippen LogP contribution < -0.4 is 0 Å². The van der Waals surface area contributed by atoms with Gasteiger partial charge in [-0.1, -0.05) is 54.2 Å². The maximum absolute atomic E-state index is 13.4. The SMILES string of the molecule is C=CCC1(c2ccc(F)cc2)CCN(C(C)c2ccc(C(=N)SC(C)=N)cc2)C(=O)O1. The van der Waals surface area contributed by atoms with Gasteiger partial charge in [0.15, 0.2) is 0 Å². The predicted octanol–water partition coefficient (Wildman–Crippen LogP) is 6.26. The second kappa shape index (κ2) is 9.47. The number of hydrogen-bond donors (Lipinski definition) is 2. The van der Waals surface area contributed by atoms with E-state index in [4.69, 9.17) is 15.6 Å². The molecule has 1 aliphatic rings. The molecule has 31 heavy (non-hydrogen) atoms. The Kier molecular flexibility index (Phi) is 6.95. The Morgan fingerprint density at radius 1 is 1.26 bits per heavy atom. The lowest BCUT2D eigenvalue weighted by molar-refractivity contribution is -0.0588. The molecule has 3 rings (SSSR count). The summed E-state index contributed by atoms with van der Waals surface area (Å²) in [4.78, 5) is 14.7. The minimum Gasteiger partial charge on any atom is -0.437 e. The molecule has 1 saturated heterocycles. The zero-order valence-electron chi connectivity index (χ0n) is 17.7. The van der Waals surface area contributed by atoms with Crippen LogP contribution in [0.15, 0.2) is 61.2 Å². The Bertz CT molecular complexity index is 991. The van der Waals surface area contributed by atoms with Crippen molar-refractivity contribution in [2.24, 2.45) is 0 Å². The number of nitrogens with zero attached hydrogens (tertiary/aromatic N) is 1. The van der Waals surface area contributed by atoms with Crippen molar-refractivity contribution in [3.05, 3.63) is 83.7 Å². The summed E-state index contributed by atoms with van der Waals surface area (Å²) in [6.07, 6.45) is 2.32. The average molecular weight is 440 g/mol. The monoisotopic (exact) mass is 439 g/mol. The molecular formula is C24H26FN3O2S. The number of halogens is 1. The molecule has 0 aliphatic carbocycles. The second-order valence-electron chi connectivity index (χ2n) is 7.59. The molecule has 162 valence electrons. The molecule has 2 unspecified atom stereocenters. The highest BCUT2D eigenvalue weighted by Crippen LogP contribution is 2.40. The van der Waals surface area contributed by atoms with Gasteiger partial charge in [0, 0.05) is 24.9 Å². The van der Waals surface area contributed by atoms with Gasteiger partial charge in [-0.25, -0.2) is 9.18 Å². The number of amides is 1.